The van der Waals surface area contributed by atoms with Crippen molar-refractivity contribution in [3.05, 3.63) is 76.7 Å². The first-order chi connectivity index (χ1) is 19.0. The van der Waals surface area contributed by atoms with Gasteiger partial charge < -0.3 is 25.5 Å². The highest BCUT2D eigenvalue weighted by atomic mass is 16.4. The van der Waals surface area contributed by atoms with Crippen LogP contribution in [0.25, 0.3) is 43.1 Å². The molecule has 0 unspecified atom stereocenters. The average molecular weight is 541 g/mol. The predicted octanol–water partition coefficient (Wildman–Crippen LogP) is 5.53. The second-order valence-electron chi connectivity index (χ2n) is 9.45. The molecule has 0 aliphatic heterocycles. The van der Waals surface area contributed by atoms with E-state index in [4.69, 9.17) is 5.11 Å². The molecule has 201 valence electrons. The second-order valence-corrected chi connectivity index (χ2v) is 9.45. The summed E-state index contributed by atoms with van der Waals surface area (Å²) in [5.74, 6) is -6.34. The summed E-state index contributed by atoms with van der Waals surface area (Å²) in [6.07, 6.45) is 2.70. The van der Waals surface area contributed by atoms with Crippen LogP contribution in [0.1, 0.15) is 66.3 Å². The van der Waals surface area contributed by atoms with Gasteiger partial charge in [0.1, 0.15) is 0 Å². The Balaban J connectivity index is 1.98. The lowest BCUT2D eigenvalue weighted by Crippen LogP contribution is -2.08. The SMILES string of the molecule is O=C(O)[CH]CCCCc1cc(C(=O)O)c2c(C(=O)O)ccc3c4ccc(C(=O)O)c5c(C(=O)O)ccc(c1c23)c54. The van der Waals surface area contributed by atoms with Crippen LogP contribution in [0.2, 0.25) is 0 Å². The molecule has 1 radical (unpaired) electrons. The highest BCUT2D eigenvalue weighted by Crippen LogP contribution is 2.45. The first kappa shape index (κ1) is 26.4. The Morgan fingerprint density at radius 3 is 1.50 bits per heavy atom. The van der Waals surface area contributed by atoms with Gasteiger partial charge >= 0.3 is 29.8 Å². The molecular formula is C30H21O10. The standard InChI is InChI=1S/C30H21O10/c31-21(32)5-3-1-2-4-13-12-20(30(39)40)25-19(29(37)38)10-7-15-14-6-9-17(27(33)34)24-18(28(35)36)11-8-16(23(14)24)22(13)26(15)25/h5-12H,1-4H2,(H,31,32)(H,33,34)(H,35,36)(H,37,38)(H,39,40). The van der Waals surface area contributed by atoms with Crippen LogP contribution >= 0.6 is 0 Å². The molecule has 0 heterocycles. The van der Waals surface area contributed by atoms with Crippen molar-refractivity contribution in [2.45, 2.75) is 25.7 Å². The van der Waals surface area contributed by atoms with Crippen LogP contribution in [-0.2, 0) is 11.2 Å². The maximum atomic E-state index is 12.4. The van der Waals surface area contributed by atoms with Gasteiger partial charge in [0.25, 0.3) is 0 Å². The summed E-state index contributed by atoms with van der Waals surface area (Å²) < 4.78 is 0. The summed E-state index contributed by atoms with van der Waals surface area (Å²) >= 11 is 0. The van der Waals surface area contributed by atoms with Crippen LogP contribution in [0, 0.1) is 6.42 Å². The van der Waals surface area contributed by atoms with Crippen molar-refractivity contribution in [1.82, 2.24) is 0 Å². The number of carbonyl (C=O) groups is 5. The van der Waals surface area contributed by atoms with Crippen LogP contribution in [0.15, 0.2) is 42.5 Å². The van der Waals surface area contributed by atoms with Crippen LogP contribution in [0.3, 0.4) is 0 Å². The molecule has 0 spiro atoms. The van der Waals surface area contributed by atoms with E-state index in [-0.39, 0.29) is 33.0 Å². The molecule has 5 N–H and O–H groups in total. The van der Waals surface area contributed by atoms with Gasteiger partial charge in [0.15, 0.2) is 0 Å². The highest BCUT2D eigenvalue weighted by Gasteiger charge is 2.27. The Hall–Kier alpha value is -5.25. The Labute approximate surface area is 225 Å². The zero-order valence-electron chi connectivity index (χ0n) is 20.7. The number of aryl methyl sites for hydroxylation is 1. The molecule has 0 aliphatic rings. The van der Waals surface area contributed by atoms with Crippen molar-refractivity contribution < 1.29 is 49.5 Å². The van der Waals surface area contributed by atoms with Crippen molar-refractivity contribution in [1.29, 1.82) is 0 Å². The first-order valence-corrected chi connectivity index (χ1v) is 12.2. The van der Waals surface area contributed by atoms with Crippen LogP contribution < -0.4 is 0 Å². The number of hydrogen-bond donors (Lipinski definition) is 5. The third-order valence-corrected chi connectivity index (χ3v) is 7.23. The molecule has 5 rings (SSSR count). The molecule has 0 saturated heterocycles. The quantitative estimate of drug-likeness (QED) is 0.0854. The molecule has 0 bridgehead atoms. The number of aromatic carboxylic acids is 4. The van der Waals surface area contributed by atoms with Gasteiger partial charge in [-0.15, -0.1) is 0 Å². The Morgan fingerprint density at radius 1 is 0.525 bits per heavy atom. The topological polar surface area (TPSA) is 186 Å². The molecule has 0 amide bonds. The minimum absolute atomic E-state index is 0.0129. The van der Waals surface area contributed by atoms with E-state index in [9.17, 15) is 44.4 Å². The third-order valence-electron chi connectivity index (χ3n) is 7.23. The Kier molecular flexibility index (Phi) is 6.46. The number of aliphatic carboxylic acids is 1. The zero-order chi connectivity index (χ0) is 28.9. The molecule has 40 heavy (non-hydrogen) atoms. The summed E-state index contributed by atoms with van der Waals surface area (Å²) in [5, 5.41) is 51.4. The smallest absolute Gasteiger partial charge is 0.336 e. The van der Waals surface area contributed by atoms with Gasteiger partial charge in [0.05, 0.1) is 28.7 Å². The molecule has 10 heteroatoms. The number of rotatable bonds is 10. The van der Waals surface area contributed by atoms with Crippen LogP contribution in [-0.4, -0.2) is 55.4 Å². The highest BCUT2D eigenvalue weighted by molar-refractivity contribution is 6.38. The third kappa shape index (κ3) is 4.10. The van der Waals surface area contributed by atoms with E-state index in [1.807, 2.05) is 0 Å². The number of unbranched alkanes of at least 4 members (excludes halogenated alkanes) is 2. The van der Waals surface area contributed by atoms with Gasteiger partial charge in [-0.3, -0.25) is 4.79 Å². The van der Waals surface area contributed by atoms with E-state index in [1.54, 1.807) is 0 Å². The molecule has 5 aromatic rings. The number of carboxylic acids is 5. The predicted molar refractivity (Wildman–Crippen MR) is 145 cm³/mol. The number of fused-ring (bicyclic) bond motifs is 2. The second kappa shape index (κ2) is 9.81. The van der Waals surface area contributed by atoms with Crippen molar-refractivity contribution in [3.63, 3.8) is 0 Å². The maximum absolute atomic E-state index is 12.4. The number of benzene rings is 5. The summed E-state index contributed by atoms with van der Waals surface area (Å²) in [6.45, 7) is 0. The normalized spacial score (nSPS) is 11.5. The molecule has 0 saturated carbocycles. The average Bonchev–Trinajstić information content (AvgIpc) is 2.89. The van der Waals surface area contributed by atoms with Gasteiger partial charge in [-0.05, 0) is 81.4 Å². The van der Waals surface area contributed by atoms with E-state index < -0.39 is 29.8 Å². The molecule has 0 aliphatic carbocycles. The summed E-state index contributed by atoms with van der Waals surface area (Å²) in [4.78, 5) is 59.7. The lowest BCUT2D eigenvalue weighted by Gasteiger charge is -2.21. The fraction of sp³-hybridized carbons (Fsp3) is 0.133. The van der Waals surface area contributed by atoms with Crippen molar-refractivity contribution in [2.24, 2.45) is 0 Å². The molecular weight excluding hydrogens is 520 g/mol. The molecule has 10 nitrogen and oxygen atoms in total. The van der Waals surface area contributed by atoms with E-state index >= 15 is 0 Å². The lowest BCUT2D eigenvalue weighted by molar-refractivity contribution is -0.133. The van der Waals surface area contributed by atoms with Gasteiger partial charge in [0.2, 0.25) is 0 Å². The number of carboxylic acid groups (broad SMARTS) is 5. The first-order valence-electron chi connectivity index (χ1n) is 12.2. The summed E-state index contributed by atoms with van der Waals surface area (Å²) in [7, 11) is 0. The minimum atomic E-state index is -1.33. The summed E-state index contributed by atoms with van der Waals surface area (Å²) in [5.41, 5.74) is -0.321. The maximum Gasteiger partial charge on any atom is 0.336 e. The van der Waals surface area contributed by atoms with E-state index in [1.165, 1.54) is 42.5 Å². The van der Waals surface area contributed by atoms with E-state index in [2.05, 4.69) is 0 Å². The van der Waals surface area contributed by atoms with E-state index in [0.717, 1.165) is 6.42 Å². The van der Waals surface area contributed by atoms with Crippen molar-refractivity contribution in [3.8, 4) is 0 Å². The van der Waals surface area contributed by atoms with Crippen LogP contribution in [0.4, 0.5) is 0 Å². The largest absolute Gasteiger partial charge is 0.481 e. The van der Waals surface area contributed by atoms with E-state index in [0.29, 0.717) is 63.6 Å². The Morgan fingerprint density at radius 2 is 1.00 bits per heavy atom. The van der Waals surface area contributed by atoms with Crippen LogP contribution in [0.5, 0.6) is 0 Å². The monoisotopic (exact) mass is 541 g/mol. The number of hydrogen-bond acceptors (Lipinski definition) is 5. The zero-order valence-corrected chi connectivity index (χ0v) is 20.7. The fourth-order valence-electron chi connectivity index (χ4n) is 5.67. The van der Waals surface area contributed by atoms with Gasteiger partial charge in [0, 0.05) is 10.8 Å². The molecule has 0 fully saturated rings. The fourth-order valence-corrected chi connectivity index (χ4v) is 5.67. The van der Waals surface area contributed by atoms with Crippen molar-refractivity contribution in [2.75, 3.05) is 0 Å². The van der Waals surface area contributed by atoms with Gasteiger partial charge in [-0.2, -0.15) is 0 Å². The van der Waals surface area contributed by atoms with Gasteiger partial charge in [-0.25, -0.2) is 19.2 Å². The van der Waals surface area contributed by atoms with Gasteiger partial charge in [-0.1, -0.05) is 24.6 Å². The van der Waals surface area contributed by atoms with Crippen molar-refractivity contribution >= 4 is 72.9 Å². The molecule has 0 atom stereocenters. The summed E-state index contributed by atoms with van der Waals surface area (Å²) in [6, 6.07) is 9.87. The minimum Gasteiger partial charge on any atom is -0.481 e. The lowest BCUT2D eigenvalue weighted by atomic mass is 9.82. The molecule has 5 aromatic carbocycles. The molecule has 0 aromatic heterocycles. The Bertz CT molecular complexity index is 1900.